The molecule has 8 heteroatoms. The van der Waals surface area contributed by atoms with Crippen LogP contribution in [-0.4, -0.2) is 20.7 Å². The van der Waals surface area contributed by atoms with Crippen molar-refractivity contribution in [1.82, 2.24) is 20.1 Å². The quantitative estimate of drug-likeness (QED) is 0.731. The molecule has 0 saturated heterocycles. The molecule has 0 atom stereocenters. The van der Waals surface area contributed by atoms with Gasteiger partial charge in [-0.15, -0.1) is 21.5 Å². The van der Waals surface area contributed by atoms with Crippen LogP contribution in [0.15, 0.2) is 45.1 Å². The molecule has 3 rings (SSSR count). The van der Waals surface area contributed by atoms with E-state index in [0.717, 1.165) is 4.88 Å². The van der Waals surface area contributed by atoms with Crippen molar-refractivity contribution >= 4 is 17.2 Å². The molecular formula is C17H18N4O3S. The van der Waals surface area contributed by atoms with Crippen LogP contribution in [0.25, 0.3) is 11.5 Å². The standard InChI is InChI=1S/C17H18N4O3S/c1-11(2)16-19-20-17(24-16)12-5-6-15(23)21(9-12)10-14(22)18-8-13-4-3-7-25-13/h3-7,9,11H,8,10H2,1-2H3,(H,18,22). The third-order valence-corrected chi connectivity index (χ3v) is 4.40. The lowest BCUT2D eigenvalue weighted by Gasteiger charge is -2.07. The van der Waals surface area contributed by atoms with E-state index in [1.165, 1.54) is 10.6 Å². The fraction of sp³-hybridized carbons (Fsp3) is 0.294. The number of aromatic nitrogens is 3. The zero-order valence-corrected chi connectivity index (χ0v) is 14.7. The van der Waals surface area contributed by atoms with Gasteiger partial charge in [-0.05, 0) is 17.5 Å². The van der Waals surface area contributed by atoms with Gasteiger partial charge in [0.1, 0.15) is 6.54 Å². The zero-order valence-electron chi connectivity index (χ0n) is 13.9. The van der Waals surface area contributed by atoms with Crippen LogP contribution >= 0.6 is 11.3 Å². The summed E-state index contributed by atoms with van der Waals surface area (Å²) in [5, 5.41) is 12.7. The van der Waals surface area contributed by atoms with Gasteiger partial charge in [0.25, 0.3) is 5.56 Å². The van der Waals surface area contributed by atoms with Gasteiger partial charge in [-0.3, -0.25) is 9.59 Å². The molecule has 1 amide bonds. The maximum absolute atomic E-state index is 12.1. The lowest BCUT2D eigenvalue weighted by atomic mass is 10.2. The highest BCUT2D eigenvalue weighted by atomic mass is 32.1. The van der Waals surface area contributed by atoms with Crippen LogP contribution in [0, 0.1) is 0 Å². The van der Waals surface area contributed by atoms with Gasteiger partial charge in [0, 0.05) is 23.1 Å². The predicted octanol–water partition coefficient (Wildman–Crippen LogP) is 2.40. The minimum absolute atomic E-state index is 0.0662. The van der Waals surface area contributed by atoms with E-state index in [-0.39, 0.29) is 23.9 Å². The Labute approximate surface area is 148 Å². The number of hydrogen-bond donors (Lipinski definition) is 1. The first kappa shape index (κ1) is 17.1. The van der Waals surface area contributed by atoms with Gasteiger partial charge in [-0.2, -0.15) is 0 Å². The highest BCUT2D eigenvalue weighted by Gasteiger charge is 2.13. The molecule has 0 saturated carbocycles. The number of rotatable bonds is 6. The van der Waals surface area contributed by atoms with Crippen LogP contribution in [0.1, 0.15) is 30.5 Å². The second-order valence-electron chi connectivity index (χ2n) is 5.84. The van der Waals surface area contributed by atoms with E-state index in [9.17, 15) is 9.59 Å². The van der Waals surface area contributed by atoms with Gasteiger partial charge in [-0.1, -0.05) is 19.9 Å². The average molecular weight is 358 g/mol. The number of nitrogens with zero attached hydrogens (tertiary/aromatic N) is 3. The number of pyridine rings is 1. The summed E-state index contributed by atoms with van der Waals surface area (Å²) < 4.78 is 6.92. The number of carbonyl (C=O) groups excluding carboxylic acids is 1. The van der Waals surface area contributed by atoms with E-state index < -0.39 is 0 Å². The fourth-order valence-corrected chi connectivity index (χ4v) is 2.82. The van der Waals surface area contributed by atoms with Crippen molar-refractivity contribution in [2.75, 3.05) is 0 Å². The highest BCUT2D eigenvalue weighted by molar-refractivity contribution is 7.09. The first-order valence-corrected chi connectivity index (χ1v) is 8.74. The summed E-state index contributed by atoms with van der Waals surface area (Å²) in [5.41, 5.74) is 0.337. The van der Waals surface area contributed by atoms with Crippen molar-refractivity contribution < 1.29 is 9.21 Å². The van der Waals surface area contributed by atoms with Crippen molar-refractivity contribution in [3.63, 3.8) is 0 Å². The summed E-state index contributed by atoms with van der Waals surface area (Å²) >= 11 is 1.57. The summed E-state index contributed by atoms with van der Waals surface area (Å²) in [6.45, 7) is 4.29. The van der Waals surface area contributed by atoms with E-state index >= 15 is 0 Å². The first-order chi connectivity index (χ1) is 12.0. The van der Waals surface area contributed by atoms with Crippen molar-refractivity contribution in [1.29, 1.82) is 0 Å². The van der Waals surface area contributed by atoms with Crippen LogP contribution in [0.5, 0.6) is 0 Å². The zero-order chi connectivity index (χ0) is 17.8. The summed E-state index contributed by atoms with van der Waals surface area (Å²) in [4.78, 5) is 25.1. The molecule has 0 aliphatic heterocycles. The SMILES string of the molecule is CC(C)c1nnc(-c2ccc(=O)n(CC(=O)NCc3cccs3)c2)o1. The minimum Gasteiger partial charge on any atom is -0.420 e. The number of carbonyl (C=O) groups is 1. The van der Waals surface area contributed by atoms with E-state index in [1.807, 2.05) is 31.4 Å². The van der Waals surface area contributed by atoms with Crippen LogP contribution in [0.4, 0.5) is 0 Å². The van der Waals surface area contributed by atoms with E-state index in [1.54, 1.807) is 23.6 Å². The highest BCUT2D eigenvalue weighted by Crippen LogP contribution is 2.20. The van der Waals surface area contributed by atoms with Gasteiger partial charge in [-0.25, -0.2) is 0 Å². The molecule has 3 aromatic heterocycles. The third kappa shape index (κ3) is 4.21. The van der Waals surface area contributed by atoms with Crippen LogP contribution in [0.2, 0.25) is 0 Å². The molecule has 1 N–H and O–H groups in total. The summed E-state index contributed by atoms with van der Waals surface area (Å²) in [6.07, 6.45) is 1.56. The minimum atomic E-state index is -0.265. The third-order valence-electron chi connectivity index (χ3n) is 3.52. The maximum atomic E-state index is 12.1. The molecular weight excluding hydrogens is 340 g/mol. The molecule has 7 nitrogen and oxygen atoms in total. The number of amides is 1. The van der Waals surface area contributed by atoms with Crippen LogP contribution in [0.3, 0.4) is 0 Å². The molecule has 0 aliphatic rings. The number of nitrogens with one attached hydrogen (secondary N) is 1. The molecule has 0 aliphatic carbocycles. The molecule has 0 radical (unpaired) electrons. The maximum Gasteiger partial charge on any atom is 0.251 e. The van der Waals surface area contributed by atoms with Crippen LogP contribution < -0.4 is 10.9 Å². The molecule has 0 spiro atoms. The largest absolute Gasteiger partial charge is 0.420 e. The van der Waals surface area contributed by atoms with Gasteiger partial charge in [0.05, 0.1) is 12.1 Å². The van der Waals surface area contributed by atoms with Crippen LogP contribution in [-0.2, 0) is 17.9 Å². The molecule has 0 fully saturated rings. The number of thiophene rings is 1. The topological polar surface area (TPSA) is 90.0 Å². The van der Waals surface area contributed by atoms with E-state index in [4.69, 9.17) is 4.42 Å². The smallest absolute Gasteiger partial charge is 0.251 e. The van der Waals surface area contributed by atoms with E-state index in [0.29, 0.717) is 23.9 Å². The van der Waals surface area contributed by atoms with Crippen molar-refractivity contribution in [3.8, 4) is 11.5 Å². The fourth-order valence-electron chi connectivity index (χ4n) is 2.18. The Hall–Kier alpha value is -2.74. The summed E-state index contributed by atoms with van der Waals surface area (Å²) in [7, 11) is 0. The van der Waals surface area contributed by atoms with Gasteiger partial charge >= 0.3 is 0 Å². The normalized spacial score (nSPS) is 11.0. The second kappa shape index (κ2) is 7.43. The first-order valence-electron chi connectivity index (χ1n) is 7.86. The molecule has 130 valence electrons. The Bertz CT molecular complexity index is 912. The Morgan fingerprint density at radius 1 is 1.32 bits per heavy atom. The molecule has 25 heavy (non-hydrogen) atoms. The van der Waals surface area contributed by atoms with Gasteiger partial charge < -0.3 is 14.3 Å². The predicted molar refractivity (Wildman–Crippen MR) is 94.2 cm³/mol. The summed E-state index contributed by atoms with van der Waals surface area (Å²) in [5.74, 6) is 0.745. The van der Waals surface area contributed by atoms with E-state index in [2.05, 4.69) is 15.5 Å². The second-order valence-corrected chi connectivity index (χ2v) is 6.87. The lowest BCUT2D eigenvalue weighted by molar-refractivity contribution is -0.121. The van der Waals surface area contributed by atoms with Crippen molar-refractivity contribution in [2.24, 2.45) is 0 Å². The molecule has 3 heterocycles. The molecule has 3 aromatic rings. The average Bonchev–Trinajstić information content (AvgIpc) is 3.26. The Balaban J connectivity index is 1.72. The molecule has 0 bridgehead atoms. The Kier molecular flexibility index (Phi) is 5.08. The summed E-state index contributed by atoms with van der Waals surface area (Å²) in [6, 6.07) is 6.87. The molecule has 0 unspecified atom stereocenters. The van der Waals surface area contributed by atoms with Crippen molar-refractivity contribution in [2.45, 2.75) is 32.9 Å². The number of hydrogen-bond acceptors (Lipinski definition) is 6. The van der Waals surface area contributed by atoms with Gasteiger partial charge in [0.2, 0.25) is 17.7 Å². The Morgan fingerprint density at radius 2 is 2.16 bits per heavy atom. The van der Waals surface area contributed by atoms with Crippen molar-refractivity contribution in [3.05, 3.63) is 57.0 Å². The Morgan fingerprint density at radius 3 is 2.84 bits per heavy atom. The lowest BCUT2D eigenvalue weighted by Crippen LogP contribution is -2.31. The van der Waals surface area contributed by atoms with Gasteiger partial charge in [0.15, 0.2) is 0 Å². The monoisotopic (exact) mass is 358 g/mol. The molecule has 0 aromatic carbocycles.